The van der Waals surface area contributed by atoms with Gasteiger partial charge in [0.15, 0.2) is 0 Å². The summed E-state index contributed by atoms with van der Waals surface area (Å²) in [5, 5.41) is 3.48. The highest BCUT2D eigenvalue weighted by atomic mass is 32.2. The highest BCUT2D eigenvalue weighted by Gasteiger charge is 1.96. The van der Waals surface area contributed by atoms with E-state index in [0.717, 1.165) is 31.9 Å². The normalized spacial score (nSPS) is 10.6. The molecule has 1 aromatic rings. The van der Waals surface area contributed by atoms with Gasteiger partial charge in [-0.25, -0.2) is 0 Å². The van der Waals surface area contributed by atoms with Gasteiger partial charge in [-0.2, -0.15) is 11.8 Å². The molecule has 0 aliphatic rings. The Bertz CT molecular complexity index is 317. The van der Waals surface area contributed by atoms with Gasteiger partial charge in [0.1, 0.15) is 5.75 Å². The zero-order valence-corrected chi connectivity index (χ0v) is 12.4. The van der Waals surface area contributed by atoms with Crippen LogP contribution >= 0.6 is 11.8 Å². The summed E-state index contributed by atoms with van der Waals surface area (Å²) in [6.45, 7) is 7.15. The fraction of sp³-hybridized carbons (Fsp3) is 0.600. The molecule has 0 heterocycles. The van der Waals surface area contributed by atoms with Crippen molar-refractivity contribution in [2.45, 2.75) is 33.2 Å². The van der Waals surface area contributed by atoms with E-state index >= 15 is 0 Å². The zero-order valence-electron chi connectivity index (χ0n) is 11.6. The van der Waals surface area contributed by atoms with E-state index in [1.165, 1.54) is 23.5 Å². The second kappa shape index (κ2) is 10.3. The Hall–Kier alpha value is -0.670. The first-order valence-electron chi connectivity index (χ1n) is 6.87. The van der Waals surface area contributed by atoms with E-state index in [-0.39, 0.29) is 0 Å². The summed E-state index contributed by atoms with van der Waals surface area (Å²) in [6, 6.07) is 8.36. The molecular weight excluding hydrogens is 242 g/mol. The van der Waals surface area contributed by atoms with E-state index in [1.54, 1.807) is 0 Å². The molecule has 0 unspecified atom stereocenters. The lowest BCUT2D eigenvalue weighted by Gasteiger charge is -2.08. The van der Waals surface area contributed by atoms with Crippen molar-refractivity contribution in [3.63, 3.8) is 0 Å². The molecule has 0 saturated carbocycles. The summed E-state index contributed by atoms with van der Waals surface area (Å²) >= 11 is 2.01. The van der Waals surface area contributed by atoms with Gasteiger partial charge in [0, 0.05) is 6.54 Å². The first-order chi connectivity index (χ1) is 8.86. The van der Waals surface area contributed by atoms with Crippen LogP contribution in [0.15, 0.2) is 24.3 Å². The highest BCUT2D eigenvalue weighted by molar-refractivity contribution is 7.99. The largest absolute Gasteiger partial charge is 0.494 e. The van der Waals surface area contributed by atoms with Gasteiger partial charge in [-0.05, 0) is 48.6 Å². The molecule has 0 fully saturated rings. The quantitative estimate of drug-likeness (QED) is 0.653. The maximum Gasteiger partial charge on any atom is 0.119 e. The van der Waals surface area contributed by atoms with Crippen LogP contribution in [0.5, 0.6) is 5.75 Å². The van der Waals surface area contributed by atoms with Gasteiger partial charge in [0.05, 0.1) is 6.61 Å². The molecule has 0 atom stereocenters. The Kier molecular flexibility index (Phi) is 8.78. The van der Waals surface area contributed by atoms with Crippen molar-refractivity contribution < 1.29 is 4.74 Å². The van der Waals surface area contributed by atoms with E-state index in [0.29, 0.717) is 0 Å². The van der Waals surface area contributed by atoms with Crippen LogP contribution in [0.4, 0.5) is 0 Å². The number of hydrogen-bond acceptors (Lipinski definition) is 3. The number of nitrogens with one attached hydrogen (secondary N) is 1. The van der Waals surface area contributed by atoms with E-state index < -0.39 is 0 Å². The van der Waals surface area contributed by atoms with Gasteiger partial charge in [-0.15, -0.1) is 0 Å². The molecule has 0 bridgehead atoms. The number of thioether (sulfide) groups is 1. The number of ether oxygens (including phenoxy) is 1. The fourth-order valence-corrected chi connectivity index (χ4v) is 2.28. The third kappa shape index (κ3) is 6.92. The Morgan fingerprint density at radius 1 is 1.28 bits per heavy atom. The molecule has 0 aliphatic heterocycles. The predicted molar refractivity (Wildman–Crippen MR) is 81.6 cm³/mol. The topological polar surface area (TPSA) is 21.3 Å². The minimum atomic E-state index is 0.797. The highest BCUT2D eigenvalue weighted by Crippen LogP contribution is 2.13. The second-order valence-electron chi connectivity index (χ2n) is 4.22. The lowest BCUT2D eigenvalue weighted by molar-refractivity contribution is 0.317. The minimum Gasteiger partial charge on any atom is -0.494 e. The smallest absolute Gasteiger partial charge is 0.119 e. The molecule has 0 amide bonds. The van der Waals surface area contributed by atoms with Crippen molar-refractivity contribution in [3.05, 3.63) is 29.8 Å². The van der Waals surface area contributed by atoms with Crippen LogP contribution in [0.2, 0.25) is 0 Å². The van der Waals surface area contributed by atoms with Crippen LogP contribution in [0, 0.1) is 0 Å². The van der Waals surface area contributed by atoms with Gasteiger partial charge < -0.3 is 10.1 Å². The molecule has 0 saturated heterocycles. The Balaban J connectivity index is 2.20. The number of hydrogen-bond donors (Lipinski definition) is 1. The van der Waals surface area contributed by atoms with Crippen LogP contribution in [0.25, 0.3) is 0 Å². The summed E-state index contributed by atoms with van der Waals surface area (Å²) in [5.41, 5.74) is 1.30. The average molecular weight is 267 g/mol. The summed E-state index contributed by atoms with van der Waals surface area (Å²) in [7, 11) is 0. The molecule has 102 valence electrons. The third-order valence-corrected chi connectivity index (χ3v) is 3.53. The summed E-state index contributed by atoms with van der Waals surface area (Å²) in [4.78, 5) is 0. The van der Waals surface area contributed by atoms with Crippen LogP contribution in [0.1, 0.15) is 32.3 Å². The molecule has 1 rings (SSSR count). The van der Waals surface area contributed by atoms with Crippen molar-refractivity contribution >= 4 is 11.8 Å². The molecule has 0 aromatic heterocycles. The fourth-order valence-electron chi connectivity index (χ4n) is 1.64. The standard InChI is InChI=1S/C15H25NOS/c1-3-10-17-15-8-5-7-14(12-15)13-16-9-6-11-18-4-2/h5,7-8,12,16H,3-4,6,9-11,13H2,1-2H3. The molecule has 18 heavy (non-hydrogen) atoms. The van der Waals surface area contributed by atoms with Crippen molar-refractivity contribution in [2.75, 3.05) is 24.7 Å². The van der Waals surface area contributed by atoms with Gasteiger partial charge in [0.2, 0.25) is 0 Å². The first-order valence-corrected chi connectivity index (χ1v) is 8.02. The predicted octanol–water partition coefficient (Wildman–Crippen LogP) is 3.71. The molecule has 3 heteroatoms. The van der Waals surface area contributed by atoms with Crippen LogP contribution < -0.4 is 10.1 Å². The zero-order chi connectivity index (χ0) is 13.1. The maximum atomic E-state index is 5.62. The lowest BCUT2D eigenvalue weighted by atomic mass is 10.2. The monoisotopic (exact) mass is 267 g/mol. The van der Waals surface area contributed by atoms with Crippen LogP contribution in [-0.4, -0.2) is 24.7 Å². The third-order valence-electron chi connectivity index (χ3n) is 2.55. The van der Waals surface area contributed by atoms with Crippen molar-refractivity contribution in [1.82, 2.24) is 5.32 Å². The molecule has 2 nitrogen and oxygen atoms in total. The molecule has 0 spiro atoms. The SMILES string of the molecule is CCCOc1cccc(CNCCCSCC)c1. The molecule has 1 N–H and O–H groups in total. The first kappa shape index (κ1) is 15.4. The van der Waals surface area contributed by atoms with E-state index in [2.05, 4.69) is 37.4 Å². The molecule has 0 aliphatic carbocycles. The maximum absolute atomic E-state index is 5.62. The van der Waals surface area contributed by atoms with E-state index in [9.17, 15) is 0 Å². The Morgan fingerprint density at radius 3 is 2.94 bits per heavy atom. The molecular formula is C15H25NOS. The number of rotatable bonds is 10. The summed E-state index contributed by atoms with van der Waals surface area (Å²) in [6.07, 6.45) is 2.29. The minimum absolute atomic E-state index is 0.797. The Morgan fingerprint density at radius 2 is 2.17 bits per heavy atom. The van der Waals surface area contributed by atoms with Crippen molar-refractivity contribution in [1.29, 1.82) is 0 Å². The molecule has 1 aromatic carbocycles. The van der Waals surface area contributed by atoms with Gasteiger partial charge in [-0.1, -0.05) is 26.0 Å². The van der Waals surface area contributed by atoms with Crippen molar-refractivity contribution in [3.8, 4) is 5.75 Å². The molecule has 0 radical (unpaired) electrons. The Labute approximate surface area is 116 Å². The lowest BCUT2D eigenvalue weighted by Crippen LogP contribution is -2.15. The van der Waals surface area contributed by atoms with E-state index in [1.807, 2.05) is 17.8 Å². The summed E-state index contributed by atoms with van der Waals surface area (Å²) in [5.74, 6) is 3.46. The summed E-state index contributed by atoms with van der Waals surface area (Å²) < 4.78 is 5.62. The van der Waals surface area contributed by atoms with Crippen molar-refractivity contribution in [2.24, 2.45) is 0 Å². The van der Waals surface area contributed by atoms with E-state index in [4.69, 9.17) is 4.74 Å². The van der Waals surface area contributed by atoms with Gasteiger partial charge in [-0.3, -0.25) is 0 Å². The second-order valence-corrected chi connectivity index (χ2v) is 5.62. The van der Waals surface area contributed by atoms with Gasteiger partial charge >= 0.3 is 0 Å². The van der Waals surface area contributed by atoms with Crippen LogP contribution in [0.3, 0.4) is 0 Å². The number of benzene rings is 1. The van der Waals surface area contributed by atoms with Gasteiger partial charge in [0.25, 0.3) is 0 Å². The van der Waals surface area contributed by atoms with Crippen LogP contribution in [-0.2, 0) is 6.54 Å². The average Bonchev–Trinajstić information content (AvgIpc) is 2.41.